The first-order valence-electron chi connectivity index (χ1n) is 11.5. The van der Waals surface area contributed by atoms with Crippen molar-refractivity contribution in [3.05, 3.63) is 118 Å². The van der Waals surface area contributed by atoms with E-state index in [0.29, 0.717) is 28.1 Å². The van der Waals surface area contributed by atoms with Crippen LogP contribution in [0.15, 0.2) is 88.8 Å². The van der Waals surface area contributed by atoms with Gasteiger partial charge in [0.25, 0.3) is 5.56 Å². The third kappa shape index (κ3) is 5.25. The quantitative estimate of drug-likeness (QED) is 0.0786. The van der Waals surface area contributed by atoms with Crippen LogP contribution in [-0.4, -0.2) is 21.2 Å². The number of nitrogens with one attached hydrogen (secondary N) is 1. The zero-order chi connectivity index (χ0) is 28.4. The second-order valence-electron chi connectivity index (χ2n) is 8.24. The number of ether oxygens (including phenoxy) is 1. The molecule has 0 saturated carbocycles. The number of aromatic nitrogens is 2. The van der Waals surface area contributed by atoms with E-state index in [1.54, 1.807) is 66.0 Å². The third-order valence-corrected chi connectivity index (χ3v) is 6.56. The maximum atomic E-state index is 14.0. The number of benzene rings is 4. The van der Waals surface area contributed by atoms with Crippen LogP contribution in [0, 0.1) is 29.1 Å². The van der Waals surface area contributed by atoms with Crippen LogP contribution < -0.4 is 15.6 Å². The first-order valence-corrected chi connectivity index (χ1v) is 12.5. The Labute approximate surface area is 227 Å². The number of carbonyl (C=O) groups is 1. The summed E-state index contributed by atoms with van der Waals surface area (Å²) in [4.78, 5) is 30.3. The lowest BCUT2D eigenvalue weighted by Crippen LogP contribution is -2.23. The summed E-state index contributed by atoms with van der Waals surface area (Å²) in [6.45, 7) is 0. The molecule has 1 amide bonds. The van der Waals surface area contributed by atoms with Crippen LogP contribution >= 0.6 is 11.8 Å². The van der Waals surface area contributed by atoms with Crippen molar-refractivity contribution in [2.45, 2.75) is 5.16 Å². The normalized spacial score (nSPS) is 11.0. The Morgan fingerprint density at radius 3 is 2.02 bits per heavy atom. The van der Waals surface area contributed by atoms with Crippen molar-refractivity contribution in [1.82, 2.24) is 9.55 Å². The molecule has 0 bridgehead atoms. The number of amides is 1. The molecule has 6 nitrogen and oxygen atoms in total. The number of rotatable bonds is 7. The monoisotopic (exact) mass is 569 g/mol. The highest BCUT2D eigenvalue weighted by atomic mass is 32.2. The summed E-state index contributed by atoms with van der Waals surface area (Å²) in [6, 6.07) is 22.0. The molecule has 0 saturated heterocycles. The molecule has 0 aliphatic heterocycles. The molecule has 202 valence electrons. The van der Waals surface area contributed by atoms with Gasteiger partial charge in [0.05, 0.1) is 22.3 Å². The fourth-order valence-corrected chi connectivity index (χ4v) is 4.56. The van der Waals surface area contributed by atoms with Crippen molar-refractivity contribution in [3.63, 3.8) is 0 Å². The van der Waals surface area contributed by atoms with Gasteiger partial charge < -0.3 is 10.1 Å². The van der Waals surface area contributed by atoms with Crippen LogP contribution in [0.25, 0.3) is 16.6 Å². The molecule has 1 aromatic heterocycles. The van der Waals surface area contributed by atoms with E-state index in [1.165, 1.54) is 4.57 Å². The van der Waals surface area contributed by atoms with Crippen molar-refractivity contribution >= 4 is 34.3 Å². The lowest BCUT2D eigenvalue weighted by molar-refractivity contribution is -0.113. The molecule has 5 rings (SSSR count). The minimum Gasteiger partial charge on any atom is -0.457 e. The first kappa shape index (κ1) is 26.9. The van der Waals surface area contributed by atoms with Gasteiger partial charge in [0.15, 0.2) is 28.4 Å². The Morgan fingerprint density at radius 1 is 0.775 bits per heavy atom. The van der Waals surface area contributed by atoms with E-state index in [1.807, 2.05) is 18.2 Å². The molecule has 1 N–H and O–H groups in total. The summed E-state index contributed by atoms with van der Waals surface area (Å²) < 4.78 is 75.4. The maximum absolute atomic E-state index is 14.0. The van der Waals surface area contributed by atoms with Crippen molar-refractivity contribution in [3.8, 4) is 17.2 Å². The molecule has 0 aliphatic rings. The average molecular weight is 570 g/mol. The summed E-state index contributed by atoms with van der Waals surface area (Å²) in [6.07, 6.45) is 0. The molecule has 0 fully saturated rings. The Balaban J connectivity index is 1.44. The smallest absolute Gasteiger partial charge is 0.266 e. The molecular weight excluding hydrogens is 553 g/mol. The number of hydrogen-bond donors (Lipinski definition) is 1. The molecule has 0 aliphatic carbocycles. The van der Waals surface area contributed by atoms with E-state index in [2.05, 4.69) is 4.98 Å². The van der Waals surface area contributed by atoms with E-state index < -0.39 is 52.0 Å². The predicted molar refractivity (Wildman–Crippen MR) is 139 cm³/mol. The SMILES string of the molecule is O=C(CSc1nc2ccccc2c(=O)n1-c1ccc(Oc2ccccc2)cc1)Nc1c(F)c(F)c(F)c(F)c1F. The highest BCUT2D eigenvalue weighted by Crippen LogP contribution is 2.29. The van der Waals surface area contributed by atoms with E-state index in [0.717, 1.165) is 11.8 Å². The standard InChI is InChI=1S/C28H16F5N3O3S/c29-21-22(30)24(32)26(25(33)23(21)31)35-20(37)14-40-28-34-19-9-5-4-8-18(19)27(38)36(28)15-10-12-17(13-11-15)39-16-6-2-1-3-7-16/h1-13H,14H2,(H,35,37). The van der Waals surface area contributed by atoms with Crippen LogP contribution in [0.1, 0.15) is 0 Å². The van der Waals surface area contributed by atoms with Crippen LogP contribution in [0.4, 0.5) is 27.6 Å². The Bertz CT molecular complexity index is 1770. The van der Waals surface area contributed by atoms with Gasteiger partial charge in [0.1, 0.15) is 17.2 Å². The van der Waals surface area contributed by atoms with Crippen LogP contribution in [0.3, 0.4) is 0 Å². The molecule has 0 spiro atoms. The maximum Gasteiger partial charge on any atom is 0.266 e. The average Bonchev–Trinajstić information content (AvgIpc) is 2.97. The molecule has 4 aromatic carbocycles. The number of anilines is 1. The van der Waals surface area contributed by atoms with Gasteiger partial charge in [-0.3, -0.25) is 14.2 Å². The third-order valence-electron chi connectivity index (χ3n) is 5.63. The molecule has 0 atom stereocenters. The lowest BCUT2D eigenvalue weighted by atomic mass is 10.2. The highest BCUT2D eigenvalue weighted by Gasteiger charge is 2.27. The number of halogens is 5. The molecular formula is C28H16F5N3O3S. The summed E-state index contributed by atoms with van der Waals surface area (Å²) in [7, 11) is 0. The van der Waals surface area contributed by atoms with Gasteiger partial charge in [0, 0.05) is 0 Å². The molecule has 12 heteroatoms. The number of nitrogens with zero attached hydrogens (tertiary/aromatic N) is 2. The minimum absolute atomic E-state index is 0.0491. The fraction of sp³-hybridized carbons (Fsp3) is 0.0357. The molecule has 1 heterocycles. The summed E-state index contributed by atoms with van der Waals surface area (Å²) >= 11 is 0.730. The van der Waals surface area contributed by atoms with E-state index in [9.17, 15) is 31.5 Å². The highest BCUT2D eigenvalue weighted by molar-refractivity contribution is 7.99. The van der Waals surface area contributed by atoms with Gasteiger partial charge in [-0.25, -0.2) is 26.9 Å². The second kappa shape index (κ2) is 11.2. The summed E-state index contributed by atoms with van der Waals surface area (Å²) in [5, 5.41) is 2.05. The lowest BCUT2D eigenvalue weighted by Gasteiger charge is -2.14. The van der Waals surface area contributed by atoms with Crippen LogP contribution in [-0.2, 0) is 4.79 Å². The van der Waals surface area contributed by atoms with Crippen molar-refractivity contribution in [2.75, 3.05) is 11.1 Å². The van der Waals surface area contributed by atoms with Gasteiger partial charge in [-0.2, -0.15) is 0 Å². The van der Waals surface area contributed by atoms with Crippen molar-refractivity contribution in [1.29, 1.82) is 0 Å². The molecule has 40 heavy (non-hydrogen) atoms. The number of carbonyl (C=O) groups excluding carboxylic acids is 1. The van der Waals surface area contributed by atoms with Crippen molar-refractivity contribution < 1.29 is 31.5 Å². The zero-order valence-corrected chi connectivity index (χ0v) is 20.9. The van der Waals surface area contributed by atoms with Gasteiger partial charge in [0.2, 0.25) is 11.7 Å². The van der Waals surface area contributed by atoms with Gasteiger partial charge >= 0.3 is 0 Å². The van der Waals surface area contributed by atoms with Crippen molar-refractivity contribution in [2.24, 2.45) is 0 Å². The Hall–Kier alpha value is -4.71. The number of fused-ring (bicyclic) bond motifs is 1. The predicted octanol–water partition coefficient (Wildman–Crippen LogP) is 6.60. The molecule has 5 aromatic rings. The summed E-state index contributed by atoms with van der Waals surface area (Å²) in [5.41, 5.74) is -1.22. The molecule has 0 unspecified atom stereocenters. The largest absolute Gasteiger partial charge is 0.457 e. The first-order chi connectivity index (χ1) is 19.2. The Kier molecular flexibility index (Phi) is 7.52. The van der Waals surface area contributed by atoms with Gasteiger partial charge in [-0.05, 0) is 48.5 Å². The summed E-state index contributed by atoms with van der Waals surface area (Å²) in [5.74, 6) is -11.6. The van der Waals surface area contributed by atoms with E-state index in [4.69, 9.17) is 4.74 Å². The fourth-order valence-electron chi connectivity index (χ4n) is 3.74. The van der Waals surface area contributed by atoms with Gasteiger partial charge in [-0.15, -0.1) is 0 Å². The second-order valence-corrected chi connectivity index (χ2v) is 9.19. The van der Waals surface area contributed by atoms with Crippen LogP contribution in [0.5, 0.6) is 11.5 Å². The van der Waals surface area contributed by atoms with Crippen LogP contribution in [0.2, 0.25) is 0 Å². The minimum atomic E-state index is -2.34. The Morgan fingerprint density at radius 2 is 1.35 bits per heavy atom. The van der Waals surface area contributed by atoms with E-state index >= 15 is 0 Å². The number of thioether (sulfide) groups is 1. The number of hydrogen-bond acceptors (Lipinski definition) is 5. The topological polar surface area (TPSA) is 73.2 Å². The number of para-hydroxylation sites is 2. The molecule has 0 radical (unpaired) electrons. The zero-order valence-electron chi connectivity index (χ0n) is 20.1. The van der Waals surface area contributed by atoms with E-state index in [-0.39, 0.29) is 5.16 Å². The van der Waals surface area contributed by atoms with Gasteiger partial charge in [-0.1, -0.05) is 42.1 Å².